The SMILES string of the molecule is C[C@@H]1CC[C@@H]2C(=O)N(N(C(=O)c3ccc(Cl)c(Cl)c3)[C@H](CCCl)C(=O)c3ccc(F)cc3)C(=O)[C@@H]2C1. The minimum Gasteiger partial charge on any atom is -0.292 e. The van der Waals surface area contributed by atoms with Crippen LogP contribution in [0.25, 0.3) is 0 Å². The third kappa shape index (κ3) is 5.01. The second kappa shape index (κ2) is 10.9. The molecule has 1 saturated heterocycles. The fourth-order valence-corrected chi connectivity index (χ4v) is 5.50. The molecule has 0 bridgehead atoms. The Bertz CT molecular complexity index is 1210. The van der Waals surface area contributed by atoms with Crippen LogP contribution in [0.4, 0.5) is 4.39 Å². The van der Waals surface area contributed by atoms with E-state index >= 15 is 0 Å². The van der Waals surface area contributed by atoms with Crippen LogP contribution < -0.4 is 0 Å². The lowest BCUT2D eigenvalue weighted by molar-refractivity contribution is -0.156. The van der Waals surface area contributed by atoms with Crippen LogP contribution in [0.3, 0.4) is 0 Å². The summed E-state index contributed by atoms with van der Waals surface area (Å²) >= 11 is 18.2. The Morgan fingerprint density at radius 2 is 1.64 bits per heavy atom. The number of rotatable bonds is 7. The lowest BCUT2D eigenvalue weighted by atomic mass is 9.76. The smallest absolute Gasteiger partial charge is 0.273 e. The van der Waals surface area contributed by atoms with Gasteiger partial charge in [-0.1, -0.05) is 30.1 Å². The molecule has 0 unspecified atom stereocenters. The Balaban J connectivity index is 1.81. The van der Waals surface area contributed by atoms with Gasteiger partial charge >= 0.3 is 0 Å². The van der Waals surface area contributed by atoms with E-state index in [0.717, 1.165) is 28.6 Å². The molecule has 4 rings (SSSR count). The number of hydrogen-bond donors (Lipinski definition) is 0. The number of alkyl halides is 1. The number of carbonyl (C=O) groups excluding carboxylic acids is 4. The van der Waals surface area contributed by atoms with Crippen molar-refractivity contribution in [3.05, 3.63) is 69.5 Å². The van der Waals surface area contributed by atoms with E-state index in [2.05, 4.69) is 0 Å². The van der Waals surface area contributed by atoms with E-state index in [1.165, 1.54) is 30.3 Å². The molecule has 0 N–H and O–H groups in total. The van der Waals surface area contributed by atoms with Crippen LogP contribution in [-0.4, -0.2) is 45.4 Å². The minimum absolute atomic E-state index is 0.0388. The van der Waals surface area contributed by atoms with E-state index in [9.17, 15) is 23.6 Å². The van der Waals surface area contributed by atoms with Gasteiger partial charge in [-0.25, -0.2) is 9.40 Å². The van der Waals surface area contributed by atoms with Crippen LogP contribution in [0.5, 0.6) is 0 Å². The van der Waals surface area contributed by atoms with Crippen molar-refractivity contribution >= 4 is 58.3 Å². The van der Waals surface area contributed by atoms with Gasteiger partial charge < -0.3 is 0 Å². The summed E-state index contributed by atoms with van der Waals surface area (Å²) in [5.41, 5.74) is 0.156. The van der Waals surface area contributed by atoms with Crippen molar-refractivity contribution in [2.24, 2.45) is 17.8 Å². The summed E-state index contributed by atoms with van der Waals surface area (Å²) in [6, 6.07) is 7.68. The quantitative estimate of drug-likeness (QED) is 0.247. The third-order valence-corrected chi connectivity index (χ3v) is 7.82. The van der Waals surface area contributed by atoms with Crippen molar-refractivity contribution in [1.29, 1.82) is 0 Å². The Morgan fingerprint density at radius 3 is 2.28 bits per heavy atom. The normalized spacial score (nSPS) is 22.4. The van der Waals surface area contributed by atoms with Crippen molar-refractivity contribution < 1.29 is 23.6 Å². The van der Waals surface area contributed by atoms with Crippen molar-refractivity contribution in [2.75, 3.05) is 5.88 Å². The first kappa shape index (κ1) is 26.6. The molecule has 3 amide bonds. The third-order valence-electron chi connectivity index (χ3n) is 6.86. The minimum atomic E-state index is -1.29. The molecule has 0 aromatic heterocycles. The molecule has 1 aliphatic heterocycles. The summed E-state index contributed by atoms with van der Waals surface area (Å²) in [5.74, 6) is -3.83. The monoisotopic (exact) mass is 552 g/mol. The average molecular weight is 554 g/mol. The predicted molar refractivity (Wildman–Crippen MR) is 134 cm³/mol. The summed E-state index contributed by atoms with van der Waals surface area (Å²) in [6.07, 6.45) is 1.78. The molecule has 4 atom stereocenters. The van der Waals surface area contributed by atoms with Gasteiger partial charge in [0.2, 0.25) is 0 Å². The number of amides is 3. The summed E-state index contributed by atoms with van der Waals surface area (Å²) in [6.45, 7) is 2.02. The molecular weight excluding hydrogens is 530 g/mol. The van der Waals surface area contributed by atoms with Crippen LogP contribution in [0.15, 0.2) is 42.5 Å². The highest BCUT2D eigenvalue weighted by Crippen LogP contribution is 2.42. The van der Waals surface area contributed by atoms with E-state index in [4.69, 9.17) is 34.8 Å². The lowest BCUT2D eigenvalue weighted by Crippen LogP contribution is -2.57. The first-order valence-electron chi connectivity index (χ1n) is 11.7. The number of nitrogens with zero attached hydrogens (tertiary/aromatic N) is 2. The molecule has 6 nitrogen and oxygen atoms in total. The molecule has 2 aromatic rings. The van der Waals surface area contributed by atoms with Gasteiger partial charge in [0.15, 0.2) is 5.78 Å². The molecule has 190 valence electrons. The highest BCUT2D eigenvalue weighted by atomic mass is 35.5. The molecule has 0 radical (unpaired) electrons. The number of fused-ring (bicyclic) bond motifs is 1. The average Bonchev–Trinajstić information content (AvgIpc) is 3.09. The van der Waals surface area contributed by atoms with Crippen molar-refractivity contribution in [3.8, 4) is 0 Å². The molecule has 1 heterocycles. The van der Waals surface area contributed by atoms with Gasteiger partial charge in [0.25, 0.3) is 17.7 Å². The molecule has 2 aromatic carbocycles. The summed E-state index contributed by atoms with van der Waals surface area (Å²) in [4.78, 5) is 54.6. The van der Waals surface area contributed by atoms with Gasteiger partial charge in [0.1, 0.15) is 11.9 Å². The molecule has 36 heavy (non-hydrogen) atoms. The van der Waals surface area contributed by atoms with E-state index in [1.54, 1.807) is 0 Å². The van der Waals surface area contributed by atoms with Crippen molar-refractivity contribution in [3.63, 3.8) is 0 Å². The van der Waals surface area contributed by atoms with Crippen LogP contribution in [0.1, 0.15) is 53.3 Å². The summed E-state index contributed by atoms with van der Waals surface area (Å²) in [7, 11) is 0. The maximum absolute atomic E-state index is 13.9. The number of ketones is 1. The van der Waals surface area contributed by atoms with Crippen LogP contribution in [0, 0.1) is 23.6 Å². The number of Topliss-reactive ketones (excluding diaryl/α,β-unsaturated/α-hetero) is 1. The Kier molecular flexibility index (Phi) is 8.03. The zero-order chi connectivity index (χ0) is 26.1. The lowest BCUT2D eigenvalue weighted by Gasteiger charge is -2.36. The van der Waals surface area contributed by atoms with Gasteiger partial charge in [0.05, 0.1) is 21.9 Å². The molecule has 10 heteroatoms. The number of halogens is 4. The van der Waals surface area contributed by atoms with Gasteiger partial charge in [-0.2, -0.15) is 5.01 Å². The van der Waals surface area contributed by atoms with Gasteiger partial charge in [-0.3, -0.25) is 19.2 Å². The Labute approximate surface area is 223 Å². The van der Waals surface area contributed by atoms with Crippen LogP contribution >= 0.6 is 34.8 Å². The molecule has 2 fully saturated rings. The Morgan fingerprint density at radius 1 is 1.00 bits per heavy atom. The zero-order valence-corrected chi connectivity index (χ0v) is 21.7. The summed E-state index contributed by atoms with van der Waals surface area (Å²) < 4.78 is 13.5. The van der Waals surface area contributed by atoms with Crippen molar-refractivity contribution in [1.82, 2.24) is 10.0 Å². The molecule has 2 aliphatic rings. The number of hydrogen-bond acceptors (Lipinski definition) is 4. The first-order chi connectivity index (χ1) is 17.1. The van der Waals surface area contributed by atoms with E-state index in [0.29, 0.717) is 12.8 Å². The fraction of sp³-hybridized carbons (Fsp3) is 0.385. The highest BCUT2D eigenvalue weighted by Gasteiger charge is 2.54. The standard InChI is InChI=1S/C26H24Cl3FN2O4/c1-14-2-8-18-19(12-14)26(36)32(25(18)35)31(24(34)16-5-9-20(28)21(29)13-16)22(10-11-27)23(33)15-3-6-17(30)7-4-15/h3-7,9,13-14,18-19,22H,2,8,10-12H2,1H3/t14-,18+,19-,22-/m1/s1. The molecule has 1 aliphatic carbocycles. The van der Waals surface area contributed by atoms with Crippen LogP contribution in [-0.2, 0) is 9.59 Å². The van der Waals surface area contributed by atoms with Crippen molar-refractivity contribution in [2.45, 2.75) is 38.6 Å². The Hall–Kier alpha value is -2.48. The highest BCUT2D eigenvalue weighted by molar-refractivity contribution is 6.42. The van der Waals surface area contributed by atoms with Gasteiger partial charge in [-0.15, -0.1) is 11.6 Å². The zero-order valence-electron chi connectivity index (χ0n) is 19.4. The van der Waals surface area contributed by atoms with E-state index < -0.39 is 47.2 Å². The number of carbonyl (C=O) groups is 4. The van der Waals surface area contributed by atoms with E-state index in [1.807, 2.05) is 6.92 Å². The topological polar surface area (TPSA) is 74.8 Å². The molecular formula is C26H24Cl3FN2O4. The maximum Gasteiger partial charge on any atom is 0.273 e. The largest absolute Gasteiger partial charge is 0.292 e. The maximum atomic E-state index is 13.9. The number of benzene rings is 2. The first-order valence-corrected chi connectivity index (χ1v) is 12.9. The second-order valence-corrected chi connectivity index (χ2v) is 10.5. The summed E-state index contributed by atoms with van der Waals surface area (Å²) in [5, 5.41) is 2.06. The predicted octanol–water partition coefficient (Wildman–Crippen LogP) is 5.79. The number of hydrazine groups is 1. The molecule has 1 saturated carbocycles. The molecule has 0 spiro atoms. The van der Waals surface area contributed by atoms with Gasteiger partial charge in [-0.05, 0) is 74.1 Å². The second-order valence-electron chi connectivity index (χ2n) is 9.26. The fourth-order valence-electron chi connectivity index (χ4n) is 4.99. The van der Waals surface area contributed by atoms with Gasteiger partial charge in [0, 0.05) is 17.0 Å². The van der Waals surface area contributed by atoms with E-state index in [-0.39, 0.29) is 39.4 Å². The van der Waals surface area contributed by atoms with Crippen LogP contribution in [0.2, 0.25) is 10.0 Å². The number of imide groups is 1.